The van der Waals surface area contributed by atoms with Gasteiger partial charge in [0.15, 0.2) is 0 Å². The summed E-state index contributed by atoms with van der Waals surface area (Å²) in [4.78, 5) is 0. The van der Waals surface area contributed by atoms with E-state index in [-0.39, 0.29) is 5.38 Å². The second-order valence-electron chi connectivity index (χ2n) is 4.77. The highest BCUT2D eigenvalue weighted by molar-refractivity contribution is 9.10. The summed E-state index contributed by atoms with van der Waals surface area (Å²) in [7, 11) is 0. The second kappa shape index (κ2) is 5.87. The molecule has 3 heteroatoms. The van der Waals surface area contributed by atoms with Crippen LogP contribution in [0, 0.1) is 20.8 Å². The molecule has 0 aliphatic carbocycles. The minimum absolute atomic E-state index is 0.232. The lowest BCUT2D eigenvalue weighted by atomic mass is 9.97. The molecule has 0 spiro atoms. The molecule has 0 aliphatic heterocycles. The highest BCUT2D eigenvalue weighted by Gasteiger charge is 2.18. The first kappa shape index (κ1) is 14.9. The van der Waals surface area contributed by atoms with Gasteiger partial charge in [0.25, 0.3) is 0 Å². The van der Waals surface area contributed by atoms with Crippen molar-refractivity contribution in [2.45, 2.75) is 26.1 Å². The molecule has 100 valence electrons. The van der Waals surface area contributed by atoms with E-state index < -0.39 is 0 Å². The number of aryl methyl sites for hydroxylation is 2. The third kappa shape index (κ3) is 2.99. The highest BCUT2D eigenvalue weighted by Crippen LogP contribution is 2.37. The zero-order valence-electron chi connectivity index (χ0n) is 11.1. The Morgan fingerprint density at radius 1 is 1.00 bits per heavy atom. The van der Waals surface area contributed by atoms with E-state index in [1.807, 2.05) is 24.3 Å². The van der Waals surface area contributed by atoms with Crippen molar-refractivity contribution in [3.8, 4) is 0 Å². The lowest BCUT2D eigenvalue weighted by molar-refractivity contribution is 1.09. The maximum atomic E-state index is 6.63. The average molecular weight is 358 g/mol. The Hall–Kier alpha value is -0.500. The monoisotopic (exact) mass is 356 g/mol. The maximum absolute atomic E-state index is 6.63. The van der Waals surface area contributed by atoms with Crippen LogP contribution >= 0.6 is 39.1 Å². The summed E-state index contributed by atoms with van der Waals surface area (Å²) in [5.41, 5.74) is 5.59. The fourth-order valence-corrected chi connectivity index (χ4v) is 3.25. The van der Waals surface area contributed by atoms with Gasteiger partial charge in [-0.3, -0.25) is 0 Å². The van der Waals surface area contributed by atoms with Gasteiger partial charge in [-0.2, -0.15) is 0 Å². The van der Waals surface area contributed by atoms with Crippen molar-refractivity contribution in [3.63, 3.8) is 0 Å². The van der Waals surface area contributed by atoms with E-state index in [1.54, 1.807) is 0 Å². The molecule has 0 aromatic heterocycles. The summed E-state index contributed by atoms with van der Waals surface area (Å²) in [5, 5.41) is 0.492. The maximum Gasteiger partial charge on any atom is 0.0852 e. The van der Waals surface area contributed by atoms with Gasteiger partial charge in [-0.15, -0.1) is 11.6 Å². The van der Waals surface area contributed by atoms with Crippen molar-refractivity contribution in [1.29, 1.82) is 0 Å². The van der Waals surface area contributed by atoms with Crippen LogP contribution in [0.2, 0.25) is 5.02 Å². The number of hydrogen-bond donors (Lipinski definition) is 0. The van der Waals surface area contributed by atoms with Crippen molar-refractivity contribution in [2.75, 3.05) is 0 Å². The fourth-order valence-electron chi connectivity index (χ4n) is 2.06. The van der Waals surface area contributed by atoms with Gasteiger partial charge in [-0.1, -0.05) is 45.7 Å². The Bertz CT molecular complexity index is 620. The van der Waals surface area contributed by atoms with Gasteiger partial charge in [0.1, 0.15) is 0 Å². The van der Waals surface area contributed by atoms with Crippen LogP contribution in [0.3, 0.4) is 0 Å². The molecule has 1 unspecified atom stereocenters. The van der Waals surface area contributed by atoms with E-state index in [9.17, 15) is 0 Å². The van der Waals surface area contributed by atoms with E-state index in [0.29, 0.717) is 0 Å². The highest BCUT2D eigenvalue weighted by atomic mass is 79.9. The molecule has 19 heavy (non-hydrogen) atoms. The summed E-state index contributed by atoms with van der Waals surface area (Å²) < 4.78 is 1.07. The van der Waals surface area contributed by atoms with E-state index >= 15 is 0 Å². The average Bonchev–Trinajstić information content (AvgIpc) is 2.36. The number of hydrogen-bond acceptors (Lipinski definition) is 0. The van der Waals surface area contributed by atoms with Crippen molar-refractivity contribution < 1.29 is 0 Å². The molecular formula is C16H15BrCl2. The number of alkyl halides is 1. The predicted molar refractivity (Wildman–Crippen MR) is 87.5 cm³/mol. The Morgan fingerprint density at radius 3 is 2.32 bits per heavy atom. The lowest BCUT2D eigenvalue weighted by Crippen LogP contribution is -1.99. The zero-order chi connectivity index (χ0) is 14.2. The summed E-state index contributed by atoms with van der Waals surface area (Å²) in [5.74, 6) is 0. The van der Waals surface area contributed by atoms with E-state index in [0.717, 1.165) is 26.2 Å². The SMILES string of the molecule is Cc1cc(Cl)c(C(Cl)c2cccc(Br)c2C)cc1C. The lowest BCUT2D eigenvalue weighted by Gasteiger charge is -2.17. The van der Waals surface area contributed by atoms with Crippen molar-refractivity contribution in [3.05, 3.63) is 67.6 Å². The van der Waals surface area contributed by atoms with Gasteiger partial charge in [0.2, 0.25) is 0 Å². The van der Waals surface area contributed by atoms with Crippen LogP contribution in [0.5, 0.6) is 0 Å². The molecule has 0 nitrogen and oxygen atoms in total. The van der Waals surface area contributed by atoms with Crippen LogP contribution in [0.15, 0.2) is 34.8 Å². The molecule has 2 aromatic carbocycles. The Balaban J connectivity index is 2.53. The first-order valence-corrected chi connectivity index (χ1v) is 7.68. The molecule has 1 atom stereocenters. The molecule has 2 rings (SSSR count). The van der Waals surface area contributed by atoms with Crippen LogP contribution in [0.25, 0.3) is 0 Å². The Labute approximate surface area is 132 Å². The van der Waals surface area contributed by atoms with Crippen LogP contribution in [0.4, 0.5) is 0 Å². The first-order valence-electron chi connectivity index (χ1n) is 6.07. The van der Waals surface area contributed by atoms with Crippen LogP contribution < -0.4 is 0 Å². The minimum atomic E-state index is -0.232. The van der Waals surface area contributed by atoms with Gasteiger partial charge < -0.3 is 0 Å². The summed E-state index contributed by atoms with van der Waals surface area (Å²) in [6, 6.07) is 10.1. The summed E-state index contributed by atoms with van der Waals surface area (Å²) in [6.45, 7) is 6.19. The molecule has 0 saturated heterocycles. The van der Waals surface area contributed by atoms with Gasteiger partial charge >= 0.3 is 0 Å². The molecule has 0 fully saturated rings. The molecule has 0 saturated carbocycles. The molecule has 0 radical (unpaired) electrons. The van der Waals surface area contributed by atoms with E-state index in [4.69, 9.17) is 23.2 Å². The van der Waals surface area contributed by atoms with Gasteiger partial charge in [-0.05, 0) is 60.7 Å². The summed E-state index contributed by atoms with van der Waals surface area (Å²) in [6.07, 6.45) is 0. The molecule has 0 bridgehead atoms. The van der Waals surface area contributed by atoms with Crippen LogP contribution in [-0.4, -0.2) is 0 Å². The number of halogens is 3. The third-order valence-electron chi connectivity index (χ3n) is 3.47. The topological polar surface area (TPSA) is 0 Å². The summed E-state index contributed by atoms with van der Waals surface area (Å²) >= 11 is 16.5. The number of rotatable bonds is 2. The van der Waals surface area contributed by atoms with Gasteiger partial charge in [0, 0.05) is 9.50 Å². The number of benzene rings is 2. The minimum Gasteiger partial charge on any atom is -0.113 e. The predicted octanol–water partition coefficient (Wildman–Crippen LogP) is 6.36. The molecule has 0 amide bonds. The van der Waals surface area contributed by atoms with Gasteiger partial charge in [-0.25, -0.2) is 0 Å². The largest absolute Gasteiger partial charge is 0.113 e. The molecule has 0 aliphatic rings. The third-order valence-corrected chi connectivity index (χ3v) is 5.13. The Kier molecular flexibility index (Phi) is 4.60. The molecule has 0 N–H and O–H groups in total. The van der Waals surface area contributed by atoms with E-state index in [2.05, 4.69) is 42.8 Å². The van der Waals surface area contributed by atoms with Gasteiger partial charge in [0.05, 0.1) is 5.38 Å². The molecular weight excluding hydrogens is 343 g/mol. The fraction of sp³-hybridized carbons (Fsp3) is 0.250. The Morgan fingerprint density at radius 2 is 1.63 bits per heavy atom. The second-order valence-corrected chi connectivity index (χ2v) is 6.47. The standard InChI is InChI=1S/C16H15BrCl2/c1-9-7-13(15(18)8-10(9)2)16(19)12-5-4-6-14(17)11(12)3/h4-8,16H,1-3H3. The normalized spacial score (nSPS) is 12.5. The molecule has 2 aromatic rings. The van der Waals surface area contributed by atoms with Crippen LogP contribution in [0.1, 0.15) is 33.2 Å². The zero-order valence-corrected chi connectivity index (χ0v) is 14.2. The van der Waals surface area contributed by atoms with Crippen molar-refractivity contribution in [2.24, 2.45) is 0 Å². The molecule has 0 heterocycles. The first-order chi connectivity index (χ1) is 8.91. The quantitative estimate of drug-likeness (QED) is 0.549. The van der Waals surface area contributed by atoms with Crippen molar-refractivity contribution in [1.82, 2.24) is 0 Å². The van der Waals surface area contributed by atoms with E-state index in [1.165, 1.54) is 11.1 Å². The van der Waals surface area contributed by atoms with Crippen LogP contribution in [-0.2, 0) is 0 Å². The van der Waals surface area contributed by atoms with Crippen molar-refractivity contribution >= 4 is 39.1 Å². The smallest absolute Gasteiger partial charge is 0.0852 e.